The third-order valence-electron chi connectivity index (χ3n) is 3.99. The number of nitrogens with one attached hydrogen (secondary N) is 1. The van der Waals surface area contributed by atoms with Crippen LogP contribution in [0, 0.1) is 11.3 Å². The summed E-state index contributed by atoms with van der Waals surface area (Å²) < 4.78 is 5.16. The molecular weight excluding hydrogens is 300 g/mol. The molecule has 1 atom stereocenters. The van der Waals surface area contributed by atoms with Gasteiger partial charge in [0.15, 0.2) is 0 Å². The molecule has 2 aromatic rings. The summed E-state index contributed by atoms with van der Waals surface area (Å²) in [5, 5.41) is 11.9. The van der Waals surface area contributed by atoms with Gasteiger partial charge in [-0.3, -0.25) is 4.79 Å². The van der Waals surface area contributed by atoms with Gasteiger partial charge in [-0.1, -0.05) is 31.2 Å². The first-order valence-corrected chi connectivity index (χ1v) is 8.08. The molecule has 0 aromatic heterocycles. The molecule has 0 radical (unpaired) electrons. The lowest BCUT2D eigenvalue weighted by Crippen LogP contribution is -2.28. The number of carbonyl (C=O) groups is 1. The van der Waals surface area contributed by atoms with E-state index >= 15 is 0 Å². The molecule has 1 unspecified atom stereocenters. The fourth-order valence-electron chi connectivity index (χ4n) is 2.53. The molecule has 4 heteroatoms. The second-order valence-corrected chi connectivity index (χ2v) is 5.61. The third-order valence-corrected chi connectivity index (χ3v) is 3.99. The summed E-state index contributed by atoms with van der Waals surface area (Å²) in [5.74, 6) is 0.836. The zero-order valence-electron chi connectivity index (χ0n) is 14.1. The predicted octanol–water partition coefficient (Wildman–Crippen LogP) is 3.77. The Balaban J connectivity index is 1.89. The maximum Gasteiger partial charge on any atom is 0.220 e. The quantitative estimate of drug-likeness (QED) is 0.844. The number of amides is 1. The molecule has 0 heterocycles. The normalized spacial score (nSPS) is 11.4. The summed E-state index contributed by atoms with van der Waals surface area (Å²) in [4.78, 5) is 12.2. The summed E-state index contributed by atoms with van der Waals surface area (Å²) in [6, 6.07) is 17.2. The molecule has 2 aromatic carbocycles. The molecule has 1 amide bonds. The zero-order valence-corrected chi connectivity index (χ0v) is 14.1. The van der Waals surface area contributed by atoms with Crippen LogP contribution in [-0.4, -0.2) is 13.0 Å². The lowest BCUT2D eigenvalue weighted by atomic mass is 10.0. The maximum atomic E-state index is 12.2. The van der Waals surface area contributed by atoms with Crippen LogP contribution in [0.3, 0.4) is 0 Å². The molecule has 0 saturated carbocycles. The van der Waals surface area contributed by atoms with E-state index in [1.165, 1.54) is 0 Å². The highest BCUT2D eigenvalue weighted by atomic mass is 16.5. The highest BCUT2D eigenvalue weighted by Crippen LogP contribution is 2.20. The van der Waals surface area contributed by atoms with E-state index in [4.69, 9.17) is 10.00 Å². The summed E-state index contributed by atoms with van der Waals surface area (Å²) in [5.41, 5.74) is 2.76. The molecule has 2 rings (SSSR count). The lowest BCUT2D eigenvalue weighted by Gasteiger charge is -2.18. The average molecular weight is 322 g/mol. The first kappa shape index (κ1) is 17.6. The van der Waals surface area contributed by atoms with Gasteiger partial charge in [-0.2, -0.15) is 5.26 Å². The molecule has 4 nitrogen and oxygen atoms in total. The van der Waals surface area contributed by atoms with Crippen LogP contribution in [0.4, 0.5) is 0 Å². The number of ether oxygens (including phenoxy) is 1. The number of aryl methyl sites for hydroxylation is 1. The van der Waals surface area contributed by atoms with Crippen LogP contribution < -0.4 is 10.1 Å². The van der Waals surface area contributed by atoms with Gasteiger partial charge in [0.1, 0.15) is 5.75 Å². The highest BCUT2D eigenvalue weighted by Gasteiger charge is 2.12. The number of benzene rings is 2. The van der Waals surface area contributed by atoms with Crippen LogP contribution in [0.5, 0.6) is 5.75 Å². The van der Waals surface area contributed by atoms with Gasteiger partial charge in [0.05, 0.1) is 24.8 Å². The van der Waals surface area contributed by atoms with Gasteiger partial charge in [-0.05, 0) is 48.2 Å². The van der Waals surface area contributed by atoms with Gasteiger partial charge in [-0.15, -0.1) is 0 Å². The van der Waals surface area contributed by atoms with Crippen molar-refractivity contribution in [1.29, 1.82) is 5.26 Å². The number of hydrogen-bond acceptors (Lipinski definition) is 3. The highest BCUT2D eigenvalue weighted by molar-refractivity contribution is 5.76. The molecule has 0 saturated heterocycles. The average Bonchev–Trinajstić information content (AvgIpc) is 2.65. The first-order valence-electron chi connectivity index (χ1n) is 8.08. The summed E-state index contributed by atoms with van der Waals surface area (Å²) in [6.45, 7) is 2.05. The molecule has 0 aliphatic rings. The van der Waals surface area contributed by atoms with Gasteiger partial charge in [0.25, 0.3) is 0 Å². The van der Waals surface area contributed by atoms with Gasteiger partial charge >= 0.3 is 0 Å². The lowest BCUT2D eigenvalue weighted by molar-refractivity contribution is -0.121. The van der Waals surface area contributed by atoms with Crippen LogP contribution in [0.25, 0.3) is 0 Å². The van der Waals surface area contributed by atoms with Gasteiger partial charge in [0.2, 0.25) is 5.91 Å². The molecule has 1 N–H and O–H groups in total. The van der Waals surface area contributed by atoms with E-state index in [1.54, 1.807) is 19.2 Å². The first-order chi connectivity index (χ1) is 11.7. The number of methoxy groups -OCH3 is 1. The Bertz CT molecular complexity index is 700. The van der Waals surface area contributed by atoms with E-state index in [2.05, 4.69) is 18.3 Å². The third kappa shape index (κ3) is 4.85. The molecule has 0 aliphatic carbocycles. The van der Waals surface area contributed by atoms with Crippen molar-refractivity contribution in [2.45, 2.75) is 32.2 Å². The van der Waals surface area contributed by atoms with Crippen molar-refractivity contribution in [1.82, 2.24) is 5.32 Å². The van der Waals surface area contributed by atoms with E-state index in [9.17, 15) is 4.79 Å². The monoisotopic (exact) mass is 322 g/mol. The van der Waals surface area contributed by atoms with Crippen molar-refractivity contribution in [2.75, 3.05) is 7.11 Å². The Labute approximate surface area is 143 Å². The van der Waals surface area contributed by atoms with E-state index in [1.807, 2.05) is 36.4 Å². The van der Waals surface area contributed by atoms with Gasteiger partial charge in [-0.25, -0.2) is 0 Å². The van der Waals surface area contributed by atoms with Gasteiger partial charge < -0.3 is 10.1 Å². The Kier molecular flexibility index (Phi) is 6.39. The Morgan fingerprint density at radius 2 is 1.83 bits per heavy atom. The number of nitriles is 1. The van der Waals surface area contributed by atoms with E-state index < -0.39 is 0 Å². The summed E-state index contributed by atoms with van der Waals surface area (Å²) in [6.07, 6.45) is 1.92. The number of rotatable bonds is 7. The van der Waals surface area contributed by atoms with Crippen molar-refractivity contribution in [2.24, 2.45) is 0 Å². The topological polar surface area (TPSA) is 62.1 Å². The minimum Gasteiger partial charge on any atom is -0.497 e. The van der Waals surface area contributed by atoms with Crippen LogP contribution in [-0.2, 0) is 11.2 Å². The fourth-order valence-corrected chi connectivity index (χ4v) is 2.53. The molecule has 0 bridgehead atoms. The molecule has 0 aliphatic heterocycles. The Hall–Kier alpha value is -2.80. The largest absolute Gasteiger partial charge is 0.497 e. The number of nitrogens with zero attached hydrogens (tertiary/aromatic N) is 1. The minimum atomic E-state index is 0.00405. The molecular formula is C20H22N2O2. The molecule has 0 fully saturated rings. The Morgan fingerprint density at radius 3 is 2.38 bits per heavy atom. The van der Waals surface area contributed by atoms with Crippen LogP contribution in [0.15, 0.2) is 48.5 Å². The molecule has 124 valence electrons. The van der Waals surface area contributed by atoms with E-state index in [0.717, 1.165) is 23.3 Å². The standard InChI is InChI=1S/C20H22N2O2/c1-3-19(17-9-11-18(24-2)12-10-17)22-20(23)13-8-15-4-6-16(14-21)7-5-15/h4-7,9-12,19H,3,8,13H2,1-2H3,(H,22,23). The van der Waals surface area contributed by atoms with Crippen molar-refractivity contribution >= 4 is 5.91 Å². The van der Waals surface area contributed by atoms with Crippen molar-refractivity contribution in [3.05, 3.63) is 65.2 Å². The van der Waals surface area contributed by atoms with Gasteiger partial charge in [0, 0.05) is 6.42 Å². The zero-order chi connectivity index (χ0) is 17.4. The minimum absolute atomic E-state index is 0.00405. The second-order valence-electron chi connectivity index (χ2n) is 5.61. The van der Waals surface area contributed by atoms with Crippen molar-refractivity contribution in [3.63, 3.8) is 0 Å². The van der Waals surface area contributed by atoms with Crippen LogP contribution in [0.1, 0.15) is 42.5 Å². The van der Waals surface area contributed by atoms with E-state index in [0.29, 0.717) is 18.4 Å². The van der Waals surface area contributed by atoms with Crippen LogP contribution >= 0.6 is 0 Å². The molecule has 24 heavy (non-hydrogen) atoms. The SMILES string of the molecule is CCC(NC(=O)CCc1ccc(C#N)cc1)c1ccc(OC)cc1. The van der Waals surface area contributed by atoms with Crippen molar-refractivity contribution < 1.29 is 9.53 Å². The summed E-state index contributed by atoms with van der Waals surface area (Å²) >= 11 is 0. The van der Waals surface area contributed by atoms with Crippen LogP contribution in [0.2, 0.25) is 0 Å². The predicted molar refractivity (Wildman–Crippen MR) is 93.6 cm³/mol. The van der Waals surface area contributed by atoms with E-state index in [-0.39, 0.29) is 11.9 Å². The maximum absolute atomic E-state index is 12.2. The molecule has 0 spiro atoms. The Morgan fingerprint density at radius 1 is 1.17 bits per heavy atom. The van der Waals surface area contributed by atoms with Crippen molar-refractivity contribution in [3.8, 4) is 11.8 Å². The number of carbonyl (C=O) groups excluding carboxylic acids is 1. The number of hydrogen-bond donors (Lipinski definition) is 1. The second kappa shape index (κ2) is 8.73. The smallest absolute Gasteiger partial charge is 0.220 e. The summed E-state index contributed by atoms with van der Waals surface area (Å²) in [7, 11) is 1.64. The fraction of sp³-hybridized carbons (Fsp3) is 0.300.